The Labute approximate surface area is 147 Å². The number of carbonyl (C=O) groups is 3. The topological polar surface area (TPSA) is 92.5 Å². The largest absolute Gasteiger partial charge is 0.396 e. The van der Waals surface area contributed by atoms with E-state index < -0.39 is 11.8 Å². The van der Waals surface area contributed by atoms with Crippen LogP contribution in [0.4, 0.5) is 11.4 Å². The maximum atomic E-state index is 12.4. The molecule has 0 saturated heterocycles. The molecule has 0 bridgehead atoms. The number of carbonyl (C=O) groups excluding carboxylic acids is 3. The minimum Gasteiger partial charge on any atom is -0.396 e. The Morgan fingerprint density at radius 3 is 2.25 bits per heavy atom. The van der Waals surface area contributed by atoms with Crippen LogP contribution in [0.25, 0.3) is 0 Å². The van der Waals surface area contributed by atoms with E-state index >= 15 is 0 Å². The molecule has 1 aliphatic heterocycles. The number of nitrogen functional groups attached to an aromatic ring is 1. The number of imide groups is 1. The molecule has 8 heteroatoms. The number of hydrogen-bond acceptors (Lipinski definition) is 4. The van der Waals surface area contributed by atoms with Crippen molar-refractivity contribution in [2.45, 2.75) is 0 Å². The standard InChI is InChI=1S/C16H11Cl2N3O3/c1-21-15(23)9-3-2-7(4-10(9)16(21)24)14(22)20-8-5-11(17)13(19)12(18)6-8/h2-6H,19H2,1H3,(H,20,22). The summed E-state index contributed by atoms with van der Waals surface area (Å²) >= 11 is 11.9. The number of fused-ring (bicyclic) bond motifs is 1. The zero-order chi connectivity index (χ0) is 17.6. The molecule has 0 radical (unpaired) electrons. The SMILES string of the molecule is CN1C(=O)c2ccc(C(=O)Nc3cc(Cl)c(N)c(Cl)c3)cc2C1=O. The van der Waals surface area contributed by atoms with Gasteiger partial charge in [-0.2, -0.15) is 0 Å². The lowest BCUT2D eigenvalue weighted by molar-refractivity contribution is 0.0693. The highest BCUT2D eigenvalue weighted by Gasteiger charge is 2.33. The molecule has 3 N–H and O–H groups in total. The molecule has 0 unspecified atom stereocenters. The number of nitrogens with two attached hydrogens (primary N) is 1. The van der Waals surface area contributed by atoms with Crippen molar-refractivity contribution in [1.82, 2.24) is 4.90 Å². The Bertz CT molecular complexity index is 888. The summed E-state index contributed by atoms with van der Waals surface area (Å²) in [6.45, 7) is 0. The molecule has 2 aromatic rings. The summed E-state index contributed by atoms with van der Waals surface area (Å²) in [6, 6.07) is 7.25. The van der Waals surface area contributed by atoms with Gasteiger partial charge in [-0.15, -0.1) is 0 Å². The van der Waals surface area contributed by atoms with Crippen molar-refractivity contribution in [3.63, 3.8) is 0 Å². The first-order chi connectivity index (χ1) is 11.3. The second-order valence-electron chi connectivity index (χ2n) is 5.24. The monoisotopic (exact) mass is 363 g/mol. The molecule has 1 aliphatic rings. The first kappa shape index (κ1) is 16.3. The van der Waals surface area contributed by atoms with Crippen LogP contribution in [0.2, 0.25) is 10.0 Å². The van der Waals surface area contributed by atoms with Crippen LogP contribution >= 0.6 is 23.2 Å². The van der Waals surface area contributed by atoms with Gasteiger partial charge in [-0.05, 0) is 30.3 Å². The smallest absolute Gasteiger partial charge is 0.261 e. The van der Waals surface area contributed by atoms with Crippen molar-refractivity contribution in [3.05, 3.63) is 57.1 Å². The first-order valence-electron chi connectivity index (χ1n) is 6.82. The van der Waals surface area contributed by atoms with Gasteiger partial charge in [0.2, 0.25) is 0 Å². The molecule has 0 saturated carbocycles. The van der Waals surface area contributed by atoms with Gasteiger partial charge in [0.05, 0.1) is 26.9 Å². The molecule has 1 heterocycles. The van der Waals surface area contributed by atoms with Gasteiger partial charge in [-0.1, -0.05) is 23.2 Å². The lowest BCUT2D eigenvalue weighted by atomic mass is 10.1. The van der Waals surface area contributed by atoms with Gasteiger partial charge >= 0.3 is 0 Å². The quantitative estimate of drug-likeness (QED) is 0.633. The van der Waals surface area contributed by atoms with Crippen LogP contribution in [0, 0.1) is 0 Å². The Balaban J connectivity index is 1.90. The Hall–Kier alpha value is -2.57. The fraction of sp³-hybridized carbons (Fsp3) is 0.0625. The average Bonchev–Trinajstić information content (AvgIpc) is 2.76. The summed E-state index contributed by atoms with van der Waals surface area (Å²) in [5.41, 5.74) is 6.94. The highest BCUT2D eigenvalue weighted by atomic mass is 35.5. The maximum absolute atomic E-state index is 12.4. The predicted molar refractivity (Wildman–Crippen MR) is 91.7 cm³/mol. The van der Waals surface area contributed by atoms with E-state index in [1.165, 1.54) is 37.4 Å². The minimum absolute atomic E-state index is 0.198. The number of amides is 3. The normalized spacial score (nSPS) is 13.2. The highest BCUT2D eigenvalue weighted by Crippen LogP contribution is 2.31. The van der Waals surface area contributed by atoms with Gasteiger partial charge in [0.1, 0.15) is 0 Å². The summed E-state index contributed by atoms with van der Waals surface area (Å²) in [6.07, 6.45) is 0. The third-order valence-electron chi connectivity index (χ3n) is 3.69. The molecule has 3 rings (SSSR count). The third kappa shape index (κ3) is 2.60. The molecule has 0 aromatic heterocycles. The second kappa shape index (κ2) is 5.81. The number of nitrogens with zero attached hydrogens (tertiary/aromatic N) is 1. The van der Waals surface area contributed by atoms with E-state index in [9.17, 15) is 14.4 Å². The molecule has 122 valence electrons. The molecule has 3 amide bonds. The number of anilines is 2. The van der Waals surface area contributed by atoms with Gasteiger partial charge in [0.25, 0.3) is 17.7 Å². The van der Waals surface area contributed by atoms with Crippen LogP contribution in [0.15, 0.2) is 30.3 Å². The van der Waals surface area contributed by atoms with Crippen LogP contribution in [0.3, 0.4) is 0 Å². The summed E-state index contributed by atoms with van der Waals surface area (Å²) in [7, 11) is 1.39. The predicted octanol–water partition coefficient (Wildman–Crippen LogP) is 3.05. The second-order valence-corrected chi connectivity index (χ2v) is 6.05. The molecule has 2 aromatic carbocycles. The summed E-state index contributed by atoms with van der Waals surface area (Å²) < 4.78 is 0. The number of hydrogen-bond donors (Lipinski definition) is 2. The lowest BCUT2D eigenvalue weighted by Gasteiger charge is -2.09. The van der Waals surface area contributed by atoms with Crippen LogP contribution in [-0.4, -0.2) is 29.7 Å². The van der Waals surface area contributed by atoms with Gasteiger partial charge < -0.3 is 11.1 Å². The molecule has 0 atom stereocenters. The van der Waals surface area contributed by atoms with E-state index in [-0.39, 0.29) is 38.3 Å². The minimum atomic E-state index is -0.468. The van der Waals surface area contributed by atoms with Crippen LogP contribution in [0.1, 0.15) is 31.1 Å². The number of halogens is 2. The Morgan fingerprint density at radius 2 is 1.62 bits per heavy atom. The summed E-state index contributed by atoms with van der Waals surface area (Å²) in [5, 5.41) is 3.06. The highest BCUT2D eigenvalue weighted by molar-refractivity contribution is 6.39. The van der Waals surface area contributed by atoms with Gasteiger partial charge in [0.15, 0.2) is 0 Å². The molecule has 24 heavy (non-hydrogen) atoms. The summed E-state index contributed by atoms with van der Waals surface area (Å²) in [5.74, 6) is -1.30. The van der Waals surface area contributed by atoms with E-state index in [0.29, 0.717) is 5.69 Å². The Kier molecular flexibility index (Phi) is 3.95. The molecular weight excluding hydrogens is 353 g/mol. The molecule has 6 nitrogen and oxygen atoms in total. The van der Waals surface area contributed by atoms with E-state index in [0.717, 1.165) is 4.90 Å². The van der Waals surface area contributed by atoms with Crippen molar-refractivity contribution in [1.29, 1.82) is 0 Å². The summed E-state index contributed by atoms with van der Waals surface area (Å²) in [4.78, 5) is 37.2. The number of nitrogens with one attached hydrogen (secondary N) is 1. The fourth-order valence-electron chi connectivity index (χ4n) is 2.36. The van der Waals surface area contributed by atoms with Crippen LogP contribution in [-0.2, 0) is 0 Å². The van der Waals surface area contributed by atoms with E-state index in [1.807, 2.05) is 0 Å². The van der Waals surface area contributed by atoms with Crippen molar-refractivity contribution in [2.75, 3.05) is 18.1 Å². The lowest BCUT2D eigenvalue weighted by Crippen LogP contribution is -2.24. The molecular formula is C16H11Cl2N3O3. The van der Waals surface area contributed by atoms with E-state index in [2.05, 4.69) is 5.32 Å². The van der Waals surface area contributed by atoms with Gasteiger partial charge in [-0.25, -0.2) is 0 Å². The van der Waals surface area contributed by atoms with Gasteiger partial charge in [0, 0.05) is 18.3 Å². The van der Waals surface area contributed by atoms with Crippen LogP contribution in [0.5, 0.6) is 0 Å². The third-order valence-corrected chi connectivity index (χ3v) is 4.31. The molecule has 0 aliphatic carbocycles. The van der Waals surface area contributed by atoms with E-state index in [1.54, 1.807) is 0 Å². The number of rotatable bonds is 2. The first-order valence-corrected chi connectivity index (χ1v) is 7.57. The van der Waals surface area contributed by atoms with Crippen LogP contribution < -0.4 is 11.1 Å². The maximum Gasteiger partial charge on any atom is 0.261 e. The van der Waals surface area contributed by atoms with Crippen molar-refractivity contribution in [2.24, 2.45) is 0 Å². The van der Waals surface area contributed by atoms with E-state index in [4.69, 9.17) is 28.9 Å². The molecule has 0 fully saturated rings. The fourth-order valence-corrected chi connectivity index (χ4v) is 2.85. The average molecular weight is 364 g/mol. The van der Waals surface area contributed by atoms with Crippen molar-refractivity contribution >= 4 is 52.3 Å². The van der Waals surface area contributed by atoms with Crippen molar-refractivity contribution < 1.29 is 14.4 Å². The Morgan fingerprint density at radius 1 is 1.04 bits per heavy atom. The number of benzene rings is 2. The molecule has 0 spiro atoms. The van der Waals surface area contributed by atoms with Crippen molar-refractivity contribution in [3.8, 4) is 0 Å². The zero-order valence-electron chi connectivity index (χ0n) is 12.4. The zero-order valence-corrected chi connectivity index (χ0v) is 13.9. The van der Waals surface area contributed by atoms with Gasteiger partial charge in [-0.3, -0.25) is 19.3 Å².